The monoisotopic (exact) mass is 539 g/mol. The van der Waals surface area contributed by atoms with Gasteiger partial charge in [0.1, 0.15) is 17.4 Å². The number of carbonyl (C=O) groups excluding carboxylic acids is 1. The summed E-state index contributed by atoms with van der Waals surface area (Å²) in [5.41, 5.74) is 0.00831. The molecule has 5 aromatic rings. The SMILES string of the molecule is Cn1c(=O)n(Cc2ccccn2)c(=O)c2c1ncn2CC(=O)Nc1csc(-c2cnc(C(C)(F)F)nc2)n1. The number of hydrogen-bond acceptors (Lipinski definition) is 9. The normalized spacial score (nSPS) is 11.7. The summed E-state index contributed by atoms with van der Waals surface area (Å²) in [5.74, 6) is -4.03. The van der Waals surface area contributed by atoms with Crippen molar-refractivity contribution in [2.75, 3.05) is 5.32 Å². The quantitative estimate of drug-likeness (QED) is 0.331. The summed E-state index contributed by atoms with van der Waals surface area (Å²) >= 11 is 1.17. The van der Waals surface area contributed by atoms with Crippen molar-refractivity contribution in [3.63, 3.8) is 0 Å². The van der Waals surface area contributed by atoms with Crippen molar-refractivity contribution in [2.45, 2.75) is 25.9 Å². The summed E-state index contributed by atoms with van der Waals surface area (Å²) in [7, 11) is 1.49. The van der Waals surface area contributed by atoms with E-state index in [4.69, 9.17) is 0 Å². The van der Waals surface area contributed by atoms with Gasteiger partial charge in [-0.2, -0.15) is 8.78 Å². The highest BCUT2D eigenvalue weighted by Gasteiger charge is 2.28. The van der Waals surface area contributed by atoms with Crippen molar-refractivity contribution in [3.8, 4) is 10.6 Å². The van der Waals surface area contributed by atoms with Crippen LogP contribution >= 0.6 is 11.3 Å². The number of carbonyl (C=O) groups is 1. The van der Waals surface area contributed by atoms with E-state index in [1.165, 1.54) is 46.2 Å². The van der Waals surface area contributed by atoms with E-state index in [-0.39, 0.29) is 30.1 Å². The van der Waals surface area contributed by atoms with Gasteiger partial charge in [-0.05, 0) is 12.1 Å². The first-order valence-corrected chi connectivity index (χ1v) is 12.0. The van der Waals surface area contributed by atoms with E-state index in [1.54, 1.807) is 29.8 Å². The molecule has 194 valence electrons. The maximum atomic E-state index is 13.3. The van der Waals surface area contributed by atoms with Crippen molar-refractivity contribution in [1.82, 2.24) is 38.6 Å². The van der Waals surface area contributed by atoms with E-state index < -0.39 is 28.9 Å². The molecule has 0 spiro atoms. The van der Waals surface area contributed by atoms with Gasteiger partial charge in [-0.15, -0.1) is 11.3 Å². The summed E-state index contributed by atoms with van der Waals surface area (Å²) in [6.45, 7) is 0.392. The van der Waals surface area contributed by atoms with Crippen molar-refractivity contribution in [2.24, 2.45) is 7.05 Å². The lowest BCUT2D eigenvalue weighted by Crippen LogP contribution is -2.40. The Morgan fingerprint density at radius 2 is 1.89 bits per heavy atom. The fourth-order valence-electron chi connectivity index (χ4n) is 3.70. The Kier molecular flexibility index (Phi) is 6.36. The minimum Gasteiger partial charge on any atom is -0.315 e. The second kappa shape index (κ2) is 9.66. The van der Waals surface area contributed by atoms with Crippen LogP contribution in [0.15, 0.2) is 58.1 Å². The lowest BCUT2D eigenvalue weighted by Gasteiger charge is -2.09. The zero-order chi connectivity index (χ0) is 27.0. The highest BCUT2D eigenvalue weighted by molar-refractivity contribution is 7.13. The van der Waals surface area contributed by atoms with Crippen molar-refractivity contribution >= 4 is 34.2 Å². The second-order valence-corrected chi connectivity index (χ2v) is 9.23. The highest BCUT2D eigenvalue weighted by Crippen LogP contribution is 2.27. The average molecular weight is 540 g/mol. The van der Waals surface area contributed by atoms with Gasteiger partial charge in [0.25, 0.3) is 5.56 Å². The fourth-order valence-corrected chi connectivity index (χ4v) is 4.43. The van der Waals surface area contributed by atoms with Gasteiger partial charge in [0, 0.05) is 43.5 Å². The number of nitrogens with one attached hydrogen (secondary N) is 1. The molecular formula is C23H19F2N9O3S. The summed E-state index contributed by atoms with van der Waals surface area (Å²) < 4.78 is 30.3. The van der Waals surface area contributed by atoms with E-state index in [9.17, 15) is 23.2 Å². The predicted octanol–water partition coefficient (Wildman–Crippen LogP) is 2.00. The predicted molar refractivity (Wildman–Crippen MR) is 134 cm³/mol. The molecular weight excluding hydrogens is 520 g/mol. The van der Waals surface area contributed by atoms with Gasteiger partial charge in [-0.1, -0.05) is 6.07 Å². The third-order valence-corrected chi connectivity index (χ3v) is 6.42. The molecule has 0 unspecified atom stereocenters. The lowest BCUT2D eigenvalue weighted by molar-refractivity contribution is -0.116. The van der Waals surface area contributed by atoms with Crippen LogP contribution in [0, 0.1) is 0 Å². The van der Waals surface area contributed by atoms with Gasteiger partial charge in [-0.25, -0.2) is 24.7 Å². The van der Waals surface area contributed by atoms with Gasteiger partial charge in [0.05, 0.1) is 18.6 Å². The molecule has 0 fully saturated rings. The number of imidazole rings is 1. The first-order valence-electron chi connectivity index (χ1n) is 11.1. The molecule has 5 rings (SSSR count). The van der Waals surface area contributed by atoms with E-state index >= 15 is 0 Å². The molecule has 0 atom stereocenters. The number of nitrogens with zero attached hydrogens (tertiary/aromatic N) is 8. The van der Waals surface area contributed by atoms with Crippen molar-refractivity contribution in [3.05, 3.63) is 80.9 Å². The number of pyridine rings is 1. The molecule has 12 nitrogen and oxygen atoms in total. The number of halogens is 2. The first-order chi connectivity index (χ1) is 18.1. The molecule has 15 heteroatoms. The van der Waals surface area contributed by atoms with Crippen LogP contribution in [-0.2, 0) is 30.9 Å². The molecule has 0 aliphatic heterocycles. The maximum absolute atomic E-state index is 13.3. The third-order valence-electron chi connectivity index (χ3n) is 5.52. The summed E-state index contributed by atoms with van der Waals surface area (Å²) in [6, 6.07) is 5.17. The van der Waals surface area contributed by atoms with E-state index in [0.717, 1.165) is 4.57 Å². The molecule has 0 bridgehead atoms. The van der Waals surface area contributed by atoms with Crippen LogP contribution in [0.3, 0.4) is 0 Å². The summed E-state index contributed by atoms with van der Waals surface area (Å²) in [5, 5.41) is 4.63. The number of hydrogen-bond donors (Lipinski definition) is 1. The molecule has 0 saturated carbocycles. The summed E-state index contributed by atoms with van der Waals surface area (Å²) in [6.07, 6.45) is 5.35. The molecule has 5 aromatic heterocycles. The van der Waals surface area contributed by atoms with Gasteiger partial charge in [0.15, 0.2) is 17.0 Å². The Morgan fingerprint density at radius 3 is 2.58 bits per heavy atom. The summed E-state index contributed by atoms with van der Waals surface area (Å²) in [4.78, 5) is 58.8. The minimum absolute atomic E-state index is 0.0398. The number of thiazole rings is 1. The number of aryl methyl sites for hydroxylation is 1. The van der Waals surface area contributed by atoms with Crippen LogP contribution in [0.5, 0.6) is 0 Å². The number of aromatic nitrogens is 8. The smallest absolute Gasteiger partial charge is 0.315 e. The van der Waals surface area contributed by atoms with Crippen LogP contribution < -0.4 is 16.6 Å². The van der Waals surface area contributed by atoms with E-state index in [2.05, 4.69) is 30.2 Å². The van der Waals surface area contributed by atoms with Crippen LogP contribution in [0.1, 0.15) is 18.4 Å². The van der Waals surface area contributed by atoms with Crippen LogP contribution in [0.25, 0.3) is 21.7 Å². The Balaban J connectivity index is 1.36. The topological polar surface area (TPSA) is 142 Å². The Bertz CT molecular complexity index is 1750. The van der Waals surface area contributed by atoms with Gasteiger partial charge < -0.3 is 9.88 Å². The number of anilines is 1. The minimum atomic E-state index is -3.16. The number of alkyl halides is 2. The van der Waals surface area contributed by atoms with Crippen LogP contribution in [-0.4, -0.2) is 44.5 Å². The molecule has 1 amide bonds. The highest BCUT2D eigenvalue weighted by atomic mass is 32.1. The number of rotatable bonds is 7. The standard InChI is InChI=1S/C23H19F2N9O3S/c1-23(24,25)21-27-7-13(8-28-21)19-31-15(11-38-19)30-16(35)10-33-12-29-18-17(33)20(36)34(22(37)32(18)2)9-14-5-3-4-6-26-14/h3-8,11-12H,9-10H2,1-2H3,(H,30,35). The first kappa shape index (κ1) is 25.0. The van der Waals surface area contributed by atoms with Gasteiger partial charge >= 0.3 is 11.6 Å². The Morgan fingerprint density at radius 1 is 1.13 bits per heavy atom. The molecule has 1 N–H and O–H groups in total. The fraction of sp³-hybridized carbons (Fsp3) is 0.217. The van der Waals surface area contributed by atoms with Gasteiger partial charge in [0.2, 0.25) is 5.91 Å². The van der Waals surface area contributed by atoms with Crippen molar-refractivity contribution < 1.29 is 13.6 Å². The van der Waals surface area contributed by atoms with Crippen LogP contribution in [0.4, 0.5) is 14.6 Å². The zero-order valence-electron chi connectivity index (χ0n) is 20.0. The third kappa shape index (κ3) is 4.82. The maximum Gasteiger partial charge on any atom is 0.332 e. The van der Waals surface area contributed by atoms with E-state index in [0.29, 0.717) is 23.2 Å². The van der Waals surface area contributed by atoms with Gasteiger partial charge in [-0.3, -0.25) is 23.7 Å². The molecule has 5 heterocycles. The lowest BCUT2D eigenvalue weighted by atomic mass is 10.3. The Labute approximate surface area is 216 Å². The molecule has 0 saturated heterocycles. The zero-order valence-corrected chi connectivity index (χ0v) is 20.8. The Hall–Kier alpha value is -4.66. The molecule has 0 aromatic carbocycles. The number of fused-ring (bicyclic) bond motifs is 1. The molecule has 38 heavy (non-hydrogen) atoms. The number of amides is 1. The average Bonchev–Trinajstić information content (AvgIpc) is 3.53. The van der Waals surface area contributed by atoms with E-state index in [1.807, 2.05) is 0 Å². The molecule has 0 radical (unpaired) electrons. The molecule has 0 aliphatic carbocycles. The molecule has 0 aliphatic rings. The largest absolute Gasteiger partial charge is 0.332 e. The second-order valence-electron chi connectivity index (χ2n) is 8.37. The van der Waals surface area contributed by atoms with Crippen LogP contribution in [0.2, 0.25) is 0 Å². The van der Waals surface area contributed by atoms with Crippen molar-refractivity contribution in [1.29, 1.82) is 0 Å².